The third-order valence-corrected chi connectivity index (χ3v) is 7.69. The van der Waals surface area contributed by atoms with Crippen molar-refractivity contribution in [1.29, 1.82) is 0 Å². The zero-order chi connectivity index (χ0) is 24.2. The van der Waals surface area contributed by atoms with E-state index in [9.17, 15) is 4.79 Å². The molecule has 3 aromatic rings. The van der Waals surface area contributed by atoms with Gasteiger partial charge in [0.1, 0.15) is 22.6 Å². The first-order chi connectivity index (χ1) is 15.6. The molecule has 0 unspecified atom stereocenters. The Kier molecular flexibility index (Phi) is 8.18. The minimum Gasteiger partial charge on any atom is -0.444 e. The average molecular weight is 490 g/mol. The van der Waals surface area contributed by atoms with Crippen molar-refractivity contribution in [3.8, 4) is 0 Å². The number of aromatic nitrogens is 2. The van der Waals surface area contributed by atoms with Gasteiger partial charge in [0.2, 0.25) is 0 Å². The molecule has 0 spiro atoms. The predicted octanol–water partition coefficient (Wildman–Crippen LogP) is 5.51. The summed E-state index contributed by atoms with van der Waals surface area (Å²) in [6.45, 7) is 14.8. The second kappa shape index (κ2) is 10.7. The summed E-state index contributed by atoms with van der Waals surface area (Å²) < 4.78 is 5.45. The van der Waals surface area contributed by atoms with E-state index in [-0.39, 0.29) is 6.09 Å². The van der Waals surface area contributed by atoms with Gasteiger partial charge in [0.15, 0.2) is 0 Å². The van der Waals surface area contributed by atoms with Gasteiger partial charge in [-0.2, -0.15) is 0 Å². The van der Waals surface area contributed by atoms with Gasteiger partial charge in [-0.05, 0) is 58.2 Å². The topological polar surface area (TPSA) is 84.6 Å². The van der Waals surface area contributed by atoms with Gasteiger partial charge in [-0.3, -0.25) is 0 Å². The van der Waals surface area contributed by atoms with Crippen LogP contribution in [0.25, 0.3) is 10.2 Å². The molecule has 1 amide bonds. The number of piperazine rings is 1. The molecule has 1 aliphatic heterocycles. The van der Waals surface area contributed by atoms with Gasteiger partial charge in [-0.1, -0.05) is 13.8 Å². The molecule has 0 bridgehead atoms. The van der Waals surface area contributed by atoms with E-state index in [1.165, 1.54) is 15.3 Å². The lowest BCUT2D eigenvalue weighted by Crippen LogP contribution is -2.50. The molecule has 1 aliphatic rings. The molecule has 1 fully saturated rings. The molecule has 0 aliphatic carbocycles. The van der Waals surface area contributed by atoms with Crippen LogP contribution >= 0.6 is 22.7 Å². The van der Waals surface area contributed by atoms with Crippen molar-refractivity contribution in [2.45, 2.75) is 60.0 Å². The number of nitrogens with zero attached hydrogens (tertiary/aromatic N) is 4. The van der Waals surface area contributed by atoms with Crippen molar-refractivity contribution < 1.29 is 9.53 Å². The Morgan fingerprint density at radius 1 is 1.06 bits per heavy atom. The molecular formula is C24H35N5O2S2. The fraction of sp³-hybridized carbons (Fsp3) is 0.542. The van der Waals surface area contributed by atoms with Gasteiger partial charge < -0.3 is 20.3 Å². The van der Waals surface area contributed by atoms with Crippen LogP contribution in [-0.2, 0) is 17.6 Å². The molecule has 0 aromatic carbocycles. The Bertz CT molecular complexity index is 1060. The van der Waals surface area contributed by atoms with E-state index >= 15 is 0 Å². The molecular weight excluding hydrogens is 454 g/mol. The zero-order valence-corrected chi connectivity index (χ0v) is 22.1. The number of carbonyl (C=O) groups is 1. The second-order valence-corrected chi connectivity index (χ2v) is 11.3. The van der Waals surface area contributed by atoms with Crippen molar-refractivity contribution in [2.75, 3.05) is 36.8 Å². The highest BCUT2D eigenvalue weighted by atomic mass is 32.1. The number of ether oxygens (including phenoxy) is 1. The maximum absolute atomic E-state index is 12.2. The molecule has 0 atom stereocenters. The van der Waals surface area contributed by atoms with E-state index in [1.54, 1.807) is 33.9 Å². The summed E-state index contributed by atoms with van der Waals surface area (Å²) in [4.78, 5) is 28.8. The average Bonchev–Trinajstić information content (AvgIpc) is 3.35. The van der Waals surface area contributed by atoms with E-state index in [2.05, 4.69) is 40.8 Å². The highest BCUT2D eigenvalue weighted by Crippen LogP contribution is 2.31. The number of hydrogen-bond donors (Lipinski definition) is 1. The quantitative estimate of drug-likeness (QED) is 0.522. The SMILES string of the molecule is CCc1cc(C)c(N)s1.CCc1cc2c(N3CCN(C(=O)OC(C)(C)C)CC3)ncnc2s1. The number of thiophene rings is 2. The molecule has 0 radical (unpaired) electrons. The molecule has 1 saturated heterocycles. The Balaban J connectivity index is 0.000000286. The largest absolute Gasteiger partial charge is 0.444 e. The number of nitrogen functional groups attached to an aromatic ring is 1. The van der Waals surface area contributed by atoms with Crippen molar-refractivity contribution in [2.24, 2.45) is 0 Å². The normalized spacial score (nSPS) is 14.2. The van der Waals surface area contributed by atoms with Crippen LogP contribution in [0.2, 0.25) is 0 Å². The van der Waals surface area contributed by atoms with Crippen LogP contribution in [0.15, 0.2) is 18.5 Å². The molecule has 4 rings (SSSR count). The second-order valence-electron chi connectivity index (χ2n) is 9.05. The highest BCUT2D eigenvalue weighted by Gasteiger charge is 2.27. The maximum atomic E-state index is 12.2. The van der Waals surface area contributed by atoms with Crippen LogP contribution in [0.5, 0.6) is 0 Å². The lowest BCUT2D eigenvalue weighted by atomic mass is 10.2. The van der Waals surface area contributed by atoms with E-state index in [0.29, 0.717) is 13.1 Å². The summed E-state index contributed by atoms with van der Waals surface area (Å²) >= 11 is 3.42. The van der Waals surface area contributed by atoms with Gasteiger partial charge >= 0.3 is 6.09 Å². The number of anilines is 2. The number of hydrogen-bond acceptors (Lipinski definition) is 8. The molecule has 180 valence electrons. The molecule has 9 heteroatoms. The molecule has 0 saturated carbocycles. The Hall–Kier alpha value is -2.39. The van der Waals surface area contributed by atoms with Crippen LogP contribution in [0.1, 0.15) is 49.9 Å². The number of aryl methyl sites for hydroxylation is 3. The van der Waals surface area contributed by atoms with Crippen LogP contribution in [0.3, 0.4) is 0 Å². The van der Waals surface area contributed by atoms with Crippen molar-refractivity contribution in [3.05, 3.63) is 33.8 Å². The monoisotopic (exact) mass is 489 g/mol. The van der Waals surface area contributed by atoms with E-state index < -0.39 is 5.60 Å². The minimum atomic E-state index is -0.458. The third kappa shape index (κ3) is 6.57. The Morgan fingerprint density at radius 3 is 2.21 bits per heavy atom. The summed E-state index contributed by atoms with van der Waals surface area (Å²) in [5, 5.41) is 2.08. The summed E-state index contributed by atoms with van der Waals surface area (Å²) in [5.74, 6) is 0.972. The highest BCUT2D eigenvalue weighted by molar-refractivity contribution is 7.18. The first-order valence-corrected chi connectivity index (χ1v) is 13.1. The molecule has 3 aromatic heterocycles. The lowest BCUT2D eigenvalue weighted by Gasteiger charge is -2.36. The van der Waals surface area contributed by atoms with Gasteiger partial charge in [0.25, 0.3) is 0 Å². The standard InChI is InChI=1S/C17H24N4O2S.C7H11NS/c1-5-12-10-13-14(18-11-19-15(13)24-12)20-6-8-21(9-7-20)16(22)23-17(2,3)4;1-3-6-4-5(2)7(8)9-6/h10-11H,5-9H2,1-4H3;4H,3,8H2,1-2H3. The molecule has 33 heavy (non-hydrogen) atoms. The van der Waals surface area contributed by atoms with Crippen molar-refractivity contribution in [1.82, 2.24) is 14.9 Å². The number of fused-ring (bicyclic) bond motifs is 1. The molecule has 2 N–H and O–H groups in total. The van der Waals surface area contributed by atoms with E-state index in [0.717, 1.165) is 47.0 Å². The Labute approximate surface area is 204 Å². The van der Waals surface area contributed by atoms with Crippen LogP contribution < -0.4 is 10.6 Å². The maximum Gasteiger partial charge on any atom is 0.410 e. The smallest absolute Gasteiger partial charge is 0.410 e. The molecule has 4 heterocycles. The zero-order valence-electron chi connectivity index (χ0n) is 20.5. The number of nitrogens with two attached hydrogens (primary N) is 1. The summed E-state index contributed by atoms with van der Waals surface area (Å²) in [5.41, 5.74) is 6.40. The van der Waals surface area contributed by atoms with Crippen molar-refractivity contribution in [3.63, 3.8) is 0 Å². The first kappa shape index (κ1) is 25.2. The van der Waals surface area contributed by atoms with Gasteiger partial charge in [-0.15, -0.1) is 22.7 Å². The van der Waals surface area contributed by atoms with E-state index in [4.69, 9.17) is 10.5 Å². The van der Waals surface area contributed by atoms with Gasteiger partial charge in [-0.25, -0.2) is 14.8 Å². The first-order valence-electron chi connectivity index (χ1n) is 11.4. The summed E-state index contributed by atoms with van der Waals surface area (Å²) in [6, 6.07) is 4.34. The van der Waals surface area contributed by atoms with Gasteiger partial charge in [0, 0.05) is 35.9 Å². The van der Waals surface area contributed by atoms with Gasteiger partial charge in [0.05, 0.1) is 10.4 Å². The number of amides is 1. The molecule has 7 nitrogen and oxygen atoms in total. The lowest BCUT2D eigenvalue weighted by molar-refractivity contribution is 0.0240. The Morgan fingerprint density at radius 2 is 1.70 bits per heavy atom. The predicted molar refractivity (Wildman–Crippen MR) is 140 cm³/mol. The fourth-order valence-corrected chi connectivity index (χ4v) is 5.30. The summed E-state index contributed by atoms with van der Waals surface area (Å²) in [6.07, 6.45) is 3.50. The number of carbonyl (C=O) groups excluding carboxylic acids is 1. The minimum absolute atomic E-state index is 0.237. The fourth-order valence-electron chi connectivity index (χ4n) is 3.48. The van der Waals surface area contributed by atoms with Crippen LogP contribution in [0, 0.1) is 6.92 Å². The van der Waals surface area contributed by atoms with Crippen LogP contribution in [-0.4, -0.2) is 52.7 Å². The summed E-state index contributed by atoms with van der Waals surface area (Å²) in [7, 11) is 0. The van der Waals surface area contributed by atoms with Crippen molar-refractivity contribution >= 4 is 49.8 Å². The van der Waals surface area contributed by atoms with Crippen LogP contribution in [0.4, 0.5) is 15.6 Å². The van der Waals surface area contributed by atoms with E-state index in [1.807, 2.05) is 27.7 Å². The third-order valence-electron chi connectivity index (χ3n) is 5.29. The number of rotatable bonds is 3.